The molecule has 2 aliphatic rings. The number of methoxy groups -OCH3 is 1. The van der Waals surface area contributed by atoms with E-state index < -0.39 is 71.3 Å². The van der Waals surface area contributed by atoms with Gasteiger partial charge in [-0.3, -0.25) is 4.79 Å². The van der Waals surface area contributed by atoms with Gasteiger partial charge in [-0.1, -0.05) is 62.5 Å². The van der Waals surface area contributed by atoms with Crippen LogP contribution >= 0.6 is 34.8 Å². The second kappa shape index (κ2) is 15.0. The van der Waals surface area contributed by atoms with E-state index in [2.05, 4.69) is 5.32 Å². The predicted octanol–water partition coefficient (Wildman–Crippen LogP) is 3.64. The SMILES string of the molecule is CCC1O[C@@H](OC2[C@H](Oc3ccc(OC)cc3)OC(C(N)=O)[C@@H](C)[C@@H]2OC(N)=O)C(NC(=O)OCC(Cl)(Cl)Cl)[C@@H](C)[C@@H]1C. The largest absolute Gasteiger partial charge is 0.497 e. The van der Waals surface area contributed by atoms with Gasteiger partial charge >= 0.3 is 12.2 Å². The van der Waals surface area contributed by atoms with Gasteiger partial charge < -0.3 is 49.9 Å². The molecule has 242 valence electrons. The fourth-order valence-corrected chi connectivity index (χ4v) is 5.35. The topological polar surface area (TPSA) is 180 Å². The normalized spacial score (nSPS) is 32.7. The van der Waals surface area contributed by atoms with Crippen LogP contribution in [-0.2, 0) is 28.5 Å². The molecule has 10 atom stereocenters. The van der Waals surface area contributed by atoms with Gasteiger partial charge in [0.15, 0.2) is 12.4 Å². The third-order valence-electron chi connectivity index (χ3n) is 7.64. The molecule has 0 bridgehead atoms. The fraction of sp³-hybridized carbons (Fsp3) is 0.667. The number of nitrogens with two attached hydrogens (primary N) is 2. The van der Waals surface area contributed by atoms with E-state index in [1.165, 1.54) is 7.11 Å². The second-order valence-corrected chi connectivity index (χ2v) is 13.0. The number of benzene rings is 1. The van der Waals surface area contributed by atoms with Gasteiger partial charge in [0.05, 0.1) is 19.3 Å². The molecule has 0 aliphatic carbocycles. The molecule has 0 radical (unpaired) electrons. The Morgan fingerprint density at radius 3 is 2.09 bits per heavy atom. The summed E-state index contributed by atoms with van der Waals surface area (Å²) in [6.07, 6.45) is -7.75. The number of carbonyl (C=O) groups is 3. The molecule has 2 fully saturated rings. The number of alkyl carbamates (subject to hydrolysis) is 1. The average molecular weight is 671 g/mol. The van der Waals surface area contributed by atoms with Gasteiger partial charge in [0.2, 0.25) is 16.0 Å². The van der Waals surface area contributed by atoms with Gasteiger partial charge in [-0.05, 0) is 42.5 Å². The molecule has 2 saturated heterocycles. The highest BCUT2D eigenvalue weighted by Crippen LogP contribution is 2.38. The minimum absolute atomic E-state index is 0.0203. The Hall–Kier alpha value is -2.42. The van der Waals surface area contributed by atoms with Crippen LogP contribution in [0.2, 0.25) is 0 Å². The van der Waals surface area contributed by atoms with Crippen LogP contribution in [0.15, 0.2) is 24.3 Å². The van der Waals surface area contributed by atoms with Crippen molar-refractivity contribution in [3.05, 3.63) is 24.3 Å². The highest BCUT2D eigenvalue weighted by atomic mass is 35.6. The second-order valence-electron chi connectivity index (χ2n) is 10.5. The maximum atomic E-state index is 12.7. The van der Waals surface area contributed by atoms with Crippen molar-refractivity contribution in [1.29, 1.82) is 0 Å². The summed E-state index contributed by atoms with van der Waals surface area (Å²) in [5.41, 5.74) is 11.0. The first-order valence-electron chi connectivity index (χ1n) is 13.7. The molecule has 43 heavy (non-hydrogen) atoms. The zero-order valence-corrected chi connectivity index (χ0v) is 26.6. The van der Waals surface area contributed by atoms with Gasteiger partial charge in [0.1, 0.15) is 30.3 Å². The Balaban J connectivity index is 1.98. The van der Waals surface area contributed by atoms with E-state index in [0.717, 1.165) is 0 Å². The molecule has 3 rings (SSSR count). The van der Waals surface area contributed by atoms with Crippen LogP contribution in [0.4, 0.5) is 9.59 Å². The summed E-state index contributed by atoms with van der Waals surface area (Å²) >= 11 is 17.2. The van der Waals surface area contributed by atoms with Crippen LogP contribution in [0.5, 0.6) is 11.5 Å². The average Bonchev–Trinajstić information content (AvgIpc) is 2.94. The summed E-state index contributed by atoms with van der Waals surface area (Å²) in [7, 11) is 1.52. The molecular weight excluding hydrogens is 633 g/mol. The highest BCUT2D eigenvalue weighted by Gasteiger charge is 2.53. The maximum Gasteiger partial charge on any atom is 0.407 e. The molecule has 5 N–H and O–H groups in total. The first-order valence-corrected chi connectivity index (χ1v) is 14.8. The van der Waals surface area contributed by atoms with E-state index in [9.17, 15) is 14.4 Å². The standard InChI is InChI=1S/C27H38Cl3N3O10/c1-6-17-12(2)13(3)18(33-26(36)38-11-27(28,29)30)23(40-17)42-21-19(43-25(32)35)14(4)20(22(31)34)41-24(21)39-16-9-7-15(37-5)8-10-16/h7-10,12-14,17-21,23-24H,6,11H2,1-5H3,(H2,31,34)(H2,32,35)(H,33,36)/t12-,13-,14-,17?,18?,19-,20?,21?,23-,24+/m0/s1. The lowest BCUT2D eigenvalue weighted by molar-refractivity contribution is -0.321. The van der Waals surface area contributed by atoms with Crippen molar-refractivity contribution in [3.8, 4) is 11.5 Å². The Kier molecular flexibility index (Phi) is 12.3. The molecule has 13 nitrogen and oxygen atoms in total. The van der Waals surface area contributed by atoms with Crippen molar-refractivity contribution in [3.63, 3.8) is 0 Å². The lowest BCUT2D eigenvalue weighted by Gasteiger charge is -2.48. The number of hydrogen-bond donors (Lipinski definition) is 3. The van der Waals surface area contributed by atoms with Gasteiger partial charge in [-0.2, -0.15) is 0 Å². The Labute approximate surface area is 265 Å². The molecule has 1 aromatic carbocycles. The third kappa shape index (κ3) is 9.29. The number of carbonyl (C=O) groups excluding carboxylic acids is 3. The number of ether oxygens (including phenoxy) is 7. The van der Waals surface area contributed by atoms with Crippen LogP contribution in [-0.4, -0.2) is 78.6 Å². The van der Waals surface area contributed by atoms with Crippen molar-refractivity contribution in [1.82, 2.24) is 5.32 Å². The van der Waals surface area contributed by atoms with Gasteiger partial charge in [-0.15, -0.1) is 0 Å². The smallest absolute Gasteiger partial charge is 0.407 e. The first kappa shape index (κ1) is 35.1. The molecule has 0 spiro atoms. The van der Waals surface area contributed by atoms with E-state index in [1.807, 2.05) is 20.8 Å². The van der Waals surface area contributed by atoms with E-state index in [4.69, 9.17) is 79.4 Å². The Morgan fingerprint density at radius 1 is 0.930 bits per heavy atom. The van der Waals surface area contributed by atoms with Crippen molar-refractivity contribution in [2.75, 3.05) is 13.7 Å². The molecule has 0 saturated carbocycles. The summed E-state index contributed by atoms with van der Waals surface area (Å²) in [6, 6.07) is 5.74. The zero-order valence-electron chi connectivity index (χ0n) is 24.4. The van der Waals surface area contributed by atoms with E-state index in [1.54, 1.807) is 31.2 Å². The quantitative estimate of drug-likeness (QED) is 0.311. The minimum atomic E-state index is -1.82. The van der Waals surface area contributed by atoms with Crippen molar-refractivity contribution in [2.24, 2.45) is 29.2 Å². The van der Waals surface area contributed by atoms with Crippen LogP contribution in [0, 0.1) is 17.8 Å². The lowest BCUT2D eigenvalue weighted by Crippen LogP contribution is -2.65. The number of nitrogens with one attached hydrogen (secondary N) is 1. The number of rotatable bonds is 10. The molecular formula is C27H38Cl3N3O10. The molecule has 0 aromatic heterocycles. The van der Waals surface area contributed by atoms with Gasteiger partial charge in [0.25, 0.3) is 0 Å². The summed E-state index contributed by atoms with van der Waals surface area (Å²) in [5, 5.41) is 2.74. The Morgan fingerprint density at radius 2 is 1.56 bits per heavy atom. The van der Waals surface area contributed by atoms with Crippen LogP contribution in [0.25, 0.3) is 0 Å². The number of hydrogen-bond acceptors (Lipinski definition) is 10. The molecule has 2 aliphatic heterocycles. The fourth-order valence-electron chi connectivity index (χ4n) is 5.19. The number of halogens is 3. The van der Waals surface area contributed by atoms with Crippen LogP contribution < -0.4 is 26.3 Å². The first-order chi connectivity index (χ1) is 20.1. The monoisotopic (exact) mass is 669 g/mol. The number of alkyl halides is 3. The molecule has 4 unspecified atom stereocenters. The number of amides is 3. The maximum absolute atomic E-state index is 12.7. The summed E-state index contributed by atoms with van der Waals surface area (Å²) in [5.74, 6) is -0.964. The third-order valence-corrected chi connectivity index (χ3v) is 7.97. The summed E-state index contributed by atoms with van der Waals surface area (Å²) in [4.78, 5) is 37.1. The molecule has 16 heteroatoms. The Bertz CT molecular complexity index is 1110. The molecule has 3 amide bonds. The minimum Gasteiger partial charge on any atom is -0.497 e. The summed E-state index contributed by atoms with van der Waals surface area (Å²) < 4.78 is 38.7. The zero-order chi connectivity index (χ0) is 32.1. The van der Waals surface area contributed by atoms with Gasteiger partial charge in [-0.25, -0.2) is 9.59 Å². The van der Waals surface area contributed by atoms with E-state index in [0.29, 0.717) is 17.9 Å². The van der Waals surface area contributed by atoms with E-state index >= 15 is 0 Å². The van der Waals surface area contributed by atoms with Crippen molar-refractivity contribution < 1.29 is 47.5 Å². The van der Waals surface area contributed by atoms with Gasteiger partial charge in [0, 0.05) is 5.92 Å². The lowest BCUT2D eigenvalue weighted by atomic mass is 9.81. The van der Waals surface area contributed by atoms with Crippen LogP contribution in [0.1, 0.15) is 34.1 Å². The predicted molar refractivity (Wildman–Crippen MR) is 156 cm³/mol. The summed E-state index contributed by atoms with van der Waals surface area (Å²) in [6.45, 7) is 6.94. The van der Waals surface area contributed by atoms with Crippen molar-refractivity contribution in [2.45, 2.75) is 80.9 Å². The van der Waals surface area contributed by atoms with E-state index in [-0.39, 0.29) is 17.9 Å². The molecule has 2 heterocycles. The van der Waals surface area contributed by atoms with Crippen LogP contribution in [0.3, 0.4) is 0 Å². The molecule has 1 aromatic rings. The van der Waals surface area contributed by atoms with Crippen molar-refractivity contribution >= 4 is 52.9 Å². The highest BCUT2D eigenvalue weighted by molar-refractivity contribution is 6.67. The number of primary amides is 2.